The maximum Gasteiger partial charge on any atom is 0.335 e. The lowest BCUT2D eigenvalue weighted by Crippen LogP contribution is -2.19. The SMILES string of the molecule is CCCCN(C)Cc1cc(C(=O)O)ccc1-c1cccs1. The summed E-state index contributed by atoms with van der Waals surface area (Å²) in [5.41, 5.74) is 2.57. The summed E-state index contributed by atoms with van der Waals surface area (Å²) in [5.74, 6) is -0.870. The van der Waals surface area contributed by atoms with Gasteiger partial charge in [0.05, 0.1) is 5.56 Å². The minimum atomic E-state index is -0.870. The normalized spacial score (nSPS) is 11.0. The molecule has 0 unspecified atom stereocenters. The lowest BCUT2D eigenvalue weighted by atomic mass is 10.0. The molecule has 4 heteroatoms. The summed E-state index contributed by atoms with van der Waals surface area (Å²) in [5, 5.41) is 11.2. The molecule has 0 aliphatic heterocycles. The van der Waals surface area contributed by atoms with Gasteiger partial charge < -0.3 is 10.0 Å². The van der Waals surface area contributed by atoms with Crippen molar-refractivity contribution in [3.8, 4) is 10.4 Å². The highest BCUT2D eigenvalue weighted by atomic mass is 32.1. The molecule has 2 rings (SSSR count). The van der Waals surface area contributed by atoms with E-state index in [1.165, 1.54) is 4.88 Å². The minimum Gasteiger partial charge on any atom is -0.478 e. The third-order valence-electron chi connectivity index (χ3n) is 3.47. The quantitative estimate of drug-likeness (QED) is 0.827. The van der Waals surface area contributed by atoms with Gasteiger partial charge in [-0.1, -0.05) is 25.5 Å². The van der Waals surface area contributed by atoms with E-state index in [1.807, 2.05) is 17.5 Å². The Balaban J connectivity index is 2.30. The van der Waals surface area contributed by atoms with Crippen LogP contribution in [0.1, 0.15) is 35.7 Å². The number of carboxylic acids is 1. The highest BCUT2D eigenvalue weighted by Crippen LogP contribution is 2.29. The molecule has 0 aliphatic rings. The molecule has 0 amide bonds. The number of carbonyl (C=O) groups is 1. The maximum absolute atomic E-state index is 11.2. The molecule has 1 N–H and O–H groups in total. The van der Waals surface area contributed by atoms with Gasteiger partial charge in [-0.25, -0.2) is 4.79 Å². The van der Waals surface area contributed by atoms with Crippen molar-refractivity contribution in [3.05, 3.63) is 46.8 Å². The van der Waals surface area contributed by atoms with Crippen LogP contribution >= 0.6 is 11.3 Å². The van der Waals surface area contributed by atoms with E-state index in [-0.39, 0.29) is 0 Å². The highest BCUT2D eigenvalue weighted by molar-refractivity contribution is 7.13. The maximum atomic E-state index is 11.2. The Morgan fingerprint density at radius 1 is 1.33 bits per heavy atom. The van der Waals surface area contributed by atoms with Crippen molar-refractivity contribution in [2.45, 2.75) is 26.3 Å². The predicted molar refractivity (Wildman–Crippen MR) is 88.0 cm³/mol. The number of carboxylic acid groups (broad SMARTS) is 1. The van der Waals surface area contributed by atoms with Crippen LogP contribution in [-0.2, 0) is 6.54 Å². The zero-order chi connectivity index (χ0) is 15.2. The Labute approximate surface area is 129 Å². The molecule has 0 atom stereocenters. The fraction of sp³-hybridized carbons (Fsp3) is 0.353. The van der Waals surface area contributed by atoms with Crippen LogP contribution in [0, 0.1) is 0 Å². The first kappa shape index (κ1) is 15.7. The van der Waals surface area contributed by atoms with Gasteiger partial charge in [-0.2, -0.15) is 0 Å². The molecule has 0 fully saturated rings. The molecule has 2 aromatic rings. The average molecular weight is 303 g/mol. The van der Waals surface area contributed by atoms with Gasteiger partial charge in [0.25, 0.3) is 0 Å². The Bertz CT molecular complexity index is 593. The van der Waals surface area contributed by atoms with Crippen molar-refractivity contribution in [2.24, 2.45) is 0 Å². The molecule has 21 heavy (non-hydrogen) atoms. The second kappa shape index (κ2) is 7.38. The van der Waals surface area contributed by atoms with Crippen LogP contribution in [0.3, 0.4) is 0 Å². The van der Waals surface area contributed by atoms with Crippen molar-refractivity contribution in [1.82, 2.24) is 4.90 Å². The molecule has 0 spiro atoms. The number of rotatable bonds is 7. The molecule has 1 aromatic carbocycles. The highest BCUT2D eigenvalue weighted by Gasteiger charge is 2.12. The van der Waals surface area contributed by atoms with Gasteiger partial charge in [0.15, 0.2) is 0 Å². The van der Waals surface area contributed by atoms with Crippen LogP contribution in [0.15, 0.2) is 35.7 Å². The number of hydrogen-bond acceptors (Lipinski definition) is 3. The number of thiophene rings is 1. The smallest absolute Gasteiger partial charge is 0.335 e. The van der Waals surface area contributed by atoms with Gasteiger partial charge in [0.1, 0.15) is 0 Å². The van der Waals surface area contributed by atoms with Gasteiger partial charge in [0, 0.05) is 11.4 Å². The fourth-order valence-electron chi connectivity index (χ4n) is 2.33. The molecule has 112 valence electrons. The van der Waals surface area contributed by atoms with Crippen LogP contribution in [0.25, 0.3) is 10.4 Å². The van der Waals surface area contributed by atoms with E-state index in [1.54, 1.807) is 23.5 Å². The Morgan fingerprint density at radius 2 is 2.14 bits per heavy atom. The monoisotopic (exact) mass is 303 g/mol. The van der Waals surface area contributed by atoms with Crippen molar-refractivity contribution >= 4 is 17.3 Å². The van der Waals surface area contributed by atoms with E-state index in [9.17, 15) is 9.90 Å². The van der Waals surface area contributed by atoms with Crippen LogP contribution < -0.4 is 0 Å². The first-order valence-corrected chi connectivity index (χ1v) is 8.08. The first-order valence-electron chi connectivity index (χ1n) is 7.20. The summed E-state index contributed by atoms with van der Waals surface area (Å²) in [6, 6.07) is 9.52. The third-order valence-corrected chi connectivity index (χ3v) is 4.38. The van der Waals surface area contributed by atoms with E-state index in [0.29, 0.717) is 5.56 Å². The number of hydrogen-bond donors (Lipinski definition) is 1. The van der Waals surface area contributed by atoms with Crippen molar-refractivity contribution in [2.75, 3.05) is 13.6 Å². The summed E-state index contributed by atoms with van der Waals surface area (Å²) in [6.07, 6.45) is 2.32. The van der Waals surface area contributed by atoms with E-state index in [2.05, 4.69) is 24.9 Å². The van der Waals surface area contributed by atoms with Crippen molar-refractivity contribution in [1.29, 1.82) is 0 Å². The summed E-state index contributed by atoms with van der Waals surface area (Å²) >= 11 is 1.68. The van der Waals surface area contributed by atoms with E-state index in [4.69, 9.17) is 0 Å². The minimum absolute atomic E-state index is 0.356. The topological polar surface area (TPSA) is 40.5 Å². The molecule has 0 radical (unpaired) electrons. The number of nitrogens with zero attached hydrogens (tertiary/aromatic N) is 1. The predicted octanol–water partition coefficient (Wildman–Crippen LogP) is 4.35. The van der Waals surface area contributed by atoms with Crippen LogP contribution in [0.5, 0.6) is 0 Å². The molecule has 1 heterocycles. The second-order valence-electron chi connectivity index (χ2n) is 5.25. The van der Waals surface area contributed by atoms with Crippen LogP contribution in [0.2, 0.25) is 0 Å². The first-order chi connectivity index (χ1) is 10.1. The number of benzene rings is 1. The fourth-order valence-corrected chi connectivity index (χ4v) is 3.11. The second-order valence-corrected chi connectivity index (χ2v) is 6.19. The van der Waals surface area contributed by atoms with Crippen LogP contribution in [0.4, 0.5) is 0 Å². The van der Waals surface area contributed by atoms with Crippen molar-refractivity contribution in [3.63, 3.8) is 0 Å². The van der Waals surface area contributed by atoms with Crippen molar-refractivity contribution < 1.29 is 9.90 Å². The Morgan fingerprint density at radius 3 is 2.76 bits per heavy atom. The van der Waals surface area contributed by atoms with Gasteiger partial charge in [-0.15, -0.1) is 11.3 Å². The zero-order valence-electron chi connectivity index (χ0n) is 12.5. The summed E-state index contributed by atoms with van der Waals surface area (Å²) < 4.78 is 0. The number of aromatic carboxylic acids is 1. The molecule has 0 saturated carbocycles. The lowest BCUT2D eigenvalue weighted by molar-refractivity contribution is 0.0696. The number of unbranched alkanes of at least 4 members (excludes halogenated alkanes) is 1. The van der Waals surface area contributed by atoms with E-state index < -0.39 is 5.97 Å². The van der Waals surface area contributed by atoms with Gasteiger partial charge in [0.2, 0.25) is 0 Å². The van der Waals surface area contributed by atoms with Crippen LogP contribution in [-0.4, -0.2) is 29.6 Å². The molecular weight excluding hydrogens is 282 g/mol. The zero-order valence-corrected chi connectivity index (χ0v) is 13.3. The molecule has 0 saturated heterocycles. The summed E-state index contributed by atoms with van der Waals surface area (Å²) in [4.78, 5) is 14.6. The third kappa shape index (κ3) is 4.16. The van der Waals surface area contributed by atoms with Gasteiger partial charge in [-0.05, 0) is 54.7 Å². The molecular formula is C17H21NO2S. The summed E-state index contributed by atoms with van der Waals surface area (Å²) in [7, 11) is 2.08. The standard InChI is InChI=1S/C17H21NO2S/c1-3-4-9-18(2)12-14-11-13(17(19)20)7-8-15(14)16-6-5-10-21-16/h5-8,10-11H,3-4,9,12H2,1-2H3,(H,19,20). The Kier molecular flexibility index (Phi) is 5.53. The average Bonchev–Trinajstić information content (AvgIpc) is 2.99. The van der Waals surface area contributed by atoms with Gasteiger partial charge in [-0.3, -0.25) is 0 Å². The molecule has 0 bridgehead atoms. The molecule has 0 aliphatic carbocycles. The Hall–Kier alpha value is -1.65. The van der Waals surface area contributed by atoms with Gasteiger partial charge >= 0.3 is 5.97 Å². The summed E-state index contributed by atoms with van der Waals surface area (Å²) in [6.45, 7) is 3.97. The van der Waals surface area contributed by atoms with E-state index >= 15 is 0 Å². The lowest BCUT2D eigenvalue weighted by Gasteiger charge is -2.18. The molecule has 1 aromatic heterocycles. The van der Waals surface area contributed by atoms with E-state index in [0.717, 1.165) is 37.1 Å². The largest absolute Gasteiger partial charge is 0.478 e. The molecule has 3 nitrogen and oxygen atoms in total.